The molecule has 12 nitrogen and oxygen atoms in total. The quantitative estimate of drug-likeness (QED) is 0.355. The van der Waals surface area contributed by atoms with Gasteiger partial charge in [-0.3, -0.25) is 14.4 Å². The van der Waals surface area contributed by atoms with E-state index in [0.717, 1.165) is 18.9 Å². The van der Waals surface area contributed by atoms with Gasteiger partial charge in [-0.05, 0) is 0 Å². The average Bonchev–Trinajstić information content (AvgIpc) is 3.36. The number of anilines is 1. The van der Waals surface area contributed by atoms with E-state index in [1.807, 2.05) is 0 Å². The van der Waals surface area contributed by atoms with E-state index in [4.69, 9.17) is 18.9 Å². The fourth-order valence-electron chi connectivity index (χ4n) is 3.44. The molecule has 2 aliphatic rings. The molecule has 4 atom stereocenters. The van der Waals surface area contributed by atoms with Crippen LogP contribution < -0.4 is 4.90 Å². The predicted molar refractivity (Wildman–Crippen MR) is 99.2 cm³/mol. The highest BCUT2D eigenvalue weighted by Crippen LogP contribution is 2.37. The second-order valence-electron chi connectivity index (χ2n) is 7.03. The first-order chi connectivity index (χ1) is 14.3. The van der Waals surface area contributed by atoms with Crippen molar-refractivity contribution in [3.8, 4) is 0 Å². The van der Waals surface area contributed by atoms with Crippen LogP contribution in [0.4, 0.5) is 5.82 Å². The molecule has 0 spiro atoms. The normalized spacial score (nSPS) is 25.2. The van der Waals surface area contributed by atoms with Gasteiger partial charge in [-0.25, -0.2) is 14.6 Å². The number of rotatable bonds is 6. The third kappa shape index (κ3) is 3.90. The summed E-state index contributed by atoms with van der Waals surface area (Å²) in [5.41, 5.74) is 0.476. The van der Waals surface area contributed by atoms with Crippen molar-refractivity contribution in [3.05, 3.63) is 12.5 Å². The van der Waals surface area contributed by atoms with Gasteiger partial charge in [0, 0.05) is 33.9 Å². The molecule has 0 bridgehead atoms. The van der Waals surface area contributed by atoms with E-state index in [2.05, 4.69) is 20.0 Å². The standard InChI is InChI=1S/C18H21N5O7/c1-9(24)27-7-13-14(28-10(2)25)15(29-11(3)26)18(30-13)23-17-12(6-21-23)16(19-8-20-17)22-4-5-22/h6,8,13-15,18H,4-5,7H2,1-3H3/t13-,14+,15-,18+/m0/s1. The fraction of sp³-hybridized carbons (Fsp3) is 0.556. The maximum Gasteiger partial charge on any atom is 0.303 e. The van der Waals surface area contributed by atoms with Gasteiger partial charge >= 0.3 is 17.9 Å². The number of nitrogens with zero attached hydrogens (tertiary/aromatic N) is 5. The molecule has 0 aliphatic carbocycles. The minimum absolute atomic E-state index is 0.186. The zero-order valence-corrected chi connectivity index (χ0v) is 16.7. The van der Waals surface area contributed by atoms with Crippen molar-refractivity contribution in [1.29, 1.82) is 0 Å². The molecule has 12 heteroatoms. The first-order valence-electron chi connectivity index (χ1n) is 9.41. The van der Waals surface area contributed by atoms with Crippen molar-refractivity contribution in [2.24, 2.45) is 0 Å². The Morgan fingerprint density at radius 1 is 1.07 bits per heavy atom. The van der Waals surface area contributed by atoms with Gasteiger partial charge in [-0.1, -0.05) is 0 Å². The van der Waals surface area contributed by atoms with Crippen LogP contribution >= 0.6 is 0 Å². The molecule has 0 N–H and O–H groups in total. The minimum Gasteiger partial charge on any atom is -0.463 e. The van der Waals surface area contributed by atoms with Crippen LogP contribution in [0.2, 0.25) is 0 Å². The number of esters is 3. The van der Waals surface area contributed by atoms with E-state index in [1.54, 1.807) is 6.20 Å². The van der Waals surface area contributed by atoms with Gasteiger partial charge in [0.05, 0.1) is 11.6 Å². The van der Waals surface area contributed by atoms with E-state index in [1.165, 1.54) is 31.8 Å². The van der Waals surface area contributed by atoms with Crippen molar-refractivity contribution < 1.29 is 33.3 Å². The van der Waals surface area contributed by atoms with Crippen LogP contribution in [-0.4, -0.2) is 75.7 Å². The molecule has 2 saturated heterocycles. The molecular formula is C18H21N5O7. The molecule has 0 unspecified atom stereocenters. The molecule has 2 aliphatic heterocycles. The largest absolute Gasteiger partial charge is 0.463 e. The highest BCUT2D eigenvalue weighted by Gasteiger charge is 2.51. The number of carbonyl (C=O) groups excluding carboxylic acids is 3. The van der Waals surface area contributed by atoms with Gasteiger partial charge in [0.2, 0.25) is 0 Å². The zero-order valence-electron chi connectivity index (χ0n) is 16.7. The van der Waals surface area contributed by atoms with Crippen LogP contribution in [0.3, 0.4) is 0 Å². The molecular weight excluding hydrogens is 398 g/mol. The predicted octanol–water partition coefficient (Wildman–Crippen LogP) is -0.0298. The van der Waals surface area contributed by atoms with E-state index >= 15 is 0 Å². The number of hydrogen-bond donors (Lipinski definition) is 0. The third-order valence-corrected chi connectivity index (χ3v) is 4.70. The molecule has 30 heavy (non-hydrogen) atoms. The fourth-order valence-corrected chi connectivity index (χ4v) is 3.44. The van der Waals surface area contributed by atoms with Gasteiger partial charge in [0.1, 0.15) is 24.9 Å². The van der Waals surface area contributed by atoms with E-state index in [9.17, 15) is 14.4 Å². The van der Waals surface area contributed by atoms with Crippen molar-refractivity contribution in [3.63, 3.8) is 0 Å². The number of fused-ring (bicyclic) bond motifs is 1. The molecule has 4 rings (SSSR count). The van der Waals surface area contributed by atoms with Crippen LogP contribution in [-0.2, 0) is 33.3 Å². The van der Waals surface area contributed by atoms with Crippen LogP contribution in [0.15, 0.2) is 12.5 Å². The summed E-state index contributed by atoms with van der Waals surface area (Å²) in [5, 5.41) is 5.09. The Balaban J connectivity index is 1.72. The van der Waals surface area contributed by atoms with E-state index < -0.39 is 42.4 Å². The Morgan fingerprint density at radius 2 is 1.77 bits per heavy atom. The number of hydrogen-bond acceptors (Lipinski definition) is 11. The molecule has 2 aromatic rings. The summed E-state index contributed by atoms with van der Waals surface area (Å²) in [6.45, 7) is 5.33. The summed E-state index contributed by atoms with van der Waals surface area (Å²) in [7, 11) is 0. The summed E-state index contributed by atoms with van der Waals surface area (Å²) in [6, 6.07) is 0. The molecule has 0 aromatic carbocycles. The Labute approximate surface area is 171 Å². The minimum atomic E-state index is -1.02. The van der Waals surface area contributed by atoms with Gasteiger partial charge in [0.25, 0.3) is 0 Å². The summed E-state index contributed by atoms with van der Waals surface area (Å²) in [4.78, 5) is 45.4. The molecule has 0 saturated carbocycles. The number of ether oxygens (including phenoxy) is 4. The molecule has 0 radical (unpaired) electrons. The second-order valence-corrected chi connectivity index (χ2v) is 7.03. The van der Waals surface area contributed by atoms with E-state index in [-0.39, 0.29) is 6.61 Å². The molecule has 2 fully saturated rings. The smallest absolute Gasteiger partial charge is 0.303 e. The van der Waals surface area contributed by atoms with Gasteiger partial charge < -0.3 is 23.8 Å². The van der Waals surface area contributed by atoms with E-state index in [0.29, 0.717) is 11.0 Å². The first kappa shape index (κ1) is 20.0. The van der Waals surface area contributed by atoms with Crippen molar-refractivity contribution in [2.45, 2.75) is 45.3 Å². The van der Waals surface area contributed by atoms with Crippen molar-refractivity contribution in [2.75, 3.05) is 24.6 Å². The SMILES string of the molecule is CC(=O)OC[C@@H]1O[C@@H](n2ncc3c(N4CC4)ncnc32)[C@@H](OC(C)=O)[C@@H]1OC(C)=O. The monoisotopic (exact) mass is 419 g/mol. The maximum atomic E-state index is 11.8. The summed E-state index contributed by atoms with van der Waals surface area (Å²) in [6.07, 6.45) is -0.798. The lowest BCUT2D eigenvalue weighted by molar-refractivity contribution is -0.166. The molecule has 160 valence electrons. The highest BCUT2D eigenvalue weighted by molar-refractivity contribution is 5.87. The third-order valence-electron chi connectivity index (χ3n) is 4.70. The summed E-state index contributed by atoms with van der Waals surface area (Å²) < 4.78 is 23.3. The van der Waals surface area contributed by atoms with Crippen LogP contribution in [0.1, 0.15) is 27.0 Å². The topological polar surface area (TPSA) is 135 Å². The number of aromatic nitrogens is 4. The highest BCUT2D eigenvalue weighted by atomic mass is 16.7. The lowest BCUT2D eigenvalue weighted by atomic mass is 10.1. The van der Waals surface area contributed by atoms with Gasteiger partial charge in [-0.2, -0.15) is 5.10 Å². The zero-order chi connectivity index (χ0) is 21.4. The number of carbonyl (C=O) groups is 3. The van der Waals surface area contributed by atoms with Crippen LogP contribution in [0.5, 0.6) is 0 Å². The lowest BCUT2D eigenvalue weighted by Gasteiger charge is -2.23. The molecule has 2 aromatic heterocycles. The Hall–Kier alpha value is -3.28. The first-order valence-corrected chi connectivity index (χ1v) is 9.41. The van der Waals surface area contributed by atoms with Crippen LogP contribution in [0, 0.1) is 0 Å². The molecule has 0 amide bonds. The Kier molecular flexibility index (Phi) is 5.24. The van der Waals surface area contributed by atoms with Crippen molar-refractivity contribution >= 4 is 34.8 Å². The molecule has 4 heterocycles. The average molecular weight is 419 g/mol. The summed E-state index contributed by atoms with van der Waals surface area (Å²) in [5.74, 6) is -0.949. The Morgan fingerprint density at radius 3 is 2.40 bits per heavy atom. The Bertz CT molecular complexity index is 988. The maximum absolute atomic E-state index is 11.8. The van der Waals surface area contributed by atoms with Gasteiger partial charge in [0.15, 0.2) is 24.1 Å². The second kappa shape index (κ2) is 7.86. The lowest BCUT2D eigenvalue weighted by Crippen LogP contribution is -2.40. The van der Waals surface area contributed by atoms with Crippen LogP contribution in [0.25, 0.3) is 11.0 Å². The summed E-state index contributed by atoms with van der Waals surface area (Å²) >= 11 is 0. The van der Waals surface area contributed by atoms with Gasteiger partial charge in [-0.15, -0.1) is 0 Å². The van der Waals surface area contributed by atoms with Crippen molar-refractivity contribution in [1.82, 2.24) is 19.7 Å².